The second-order valence-electron chi connectivity index (χ2n) is 7.47. The van der Waals surface area contributed by atoms with E-state index in [2.05, 4.69) is 14.3 Å². The van der Waals surface area contributed by atoms with Crippen LogP contribution in [0.3, 0.4) is 0 Å². The third-order valence-electron chi connectivity index (χ3n) is 5.26. The van der Waals surface area contributed by atoms with Gasteiger partial charge in [-0.25, -0.2) is 18.2 Å². The minimum absolute atomic E-state index is 0.00476. The number of carbonyl (C=O) groups excluding carboxylic acids is 1. The van der Waals surface area contributed by atoms with Crippen LogP contribution in [0.5, 0.6) is 0 Å². The zero-order valence-electron chi connectivity index (χ0n) is 17.7. The Morgan fingerprint density at radius 3 is 2.61 bits per heavy atom. The van der Waals surface area contributed by atoms with Crippen molar-refractivity contribution < 1.29 is 39.5 Å². The highest BCUT2D eigenvalue weighted by Gasteiger charge is 2.37. The minimum atomic E-state index is -4.95. The molecule has 1 aliphatic rings. The Labute approximate surface area is 204 Å². The van der Waals surface area contributed by atoms with E-state index in [0.29, 0.717) is 4.68 Å². The van der Waals surface area contributed by atoms with E-state index in [1.54, 1.807) is 4.90 Å². The van der Waals surface area contributed by atoms with Crippen LogP contribution in [0.2, 0.25) is 5.02 Å². The van der Waals surface area contributed by atoms with Crippen LogP contribution < -0.4 is 10.5 Å². The Hall–Kier alpha value is -3.34. The molecule has 1 aliphatic heterocycles. The van der Waals surface area contributed by atoms with Gasteiger partial charge in [-0.05, 0) is 18.2 Å². The standard InChI is InChI=1S/C19H14ClF4N5O6S/c20-16-13(7-26-29(18(16)31)9-35-36(32,33)34)27-3-4-28-14(6-25-15(28)8-27)17(30)11-2-1-10(21)5-12(11)19(22,23)24/h1-2,5-7H,3-4,8-9H2,(H,32,33,34). The summed E-state index contributed by atoms with van der Waals surface area (Å²) in [5, 5.41) is 3.40. The molecule has 0 saturated carbocycles. The van der Waals surface area contributed by atoms with E-state index in [0.717, 1.165) is 24.5 Å². The number of hydrogen-bond acceptors (Lipinski definition) is 8. The number of fused-ring (bicyclic) bond motifs is 1. The summed E-state index contributed by atoms with van der Waals surface area (Å²) in [6, 6.07) is 1.78. The number of alkyl halides is 3. The number of imidazole rings is 1. The molecular formula is C19H14ClF4N5O6S. The third-order valence-corrected chi connectivity index (χ3v) is 6.02. The molecule has 17 heteroatoms. The summed E-state index contributed by atoms with van der Waals surface area (Å²) in [6.07, 6.45) is -2.70. The highest BCUT2D eigenvalue weighted by molar-refractivity contribution is 7.80. The van der Waals surface area contributed by atoms with E-state index < -0.39 is 51.6 Å². The highest BCUT2D eigenvalue weighted by Crippen LogP contribution is 2.34. The fourth-order valence-corrected chi connectivity index (χ4v) is 4.12. The smallest absolute Gasteiger partial charge is 0.360 e. The molecule has 36 heavy (non-hydrogen) atoms. The van der Waals surface area contributed by atoms with Gasteiger partial charge < -0.3 is 9.47 Å². The molecule has 0 fully saturated rings. The molecule has 0 spiro atoms. The molecule has 2 aromatic heterocycles. The first-order valence-electron chi connectivity index (χ1n) is 9.84. The van der Waals surface area contributed by atoms with Crippen molar-refractivity contribution in [2.75, 3.05) is 11.4 Å². The van der Waals surface area contributed by atoms with Gasteiger partial charge >= 0.3 is 16.6 Å². The first-order chi connectivity index (χ1) is 16.8. The van der Waals surface area contributed by atoms with Crippen molar-refractivity contribution >= 4 is 33.5 Å². The summed E-state index contributed by atoms with van der Waals surface area (Å²) in [5.74, 6) is -1.85. The van der Waals surface area contributed by atoms with Crippen LogP contribution in [0.25, 0.3) is 0 Å². The van der Waals surface area contributed by atoms with Crippen LogP contribution in [0.15, 0.2) is 35.4 Å². The van der Waals surface area contributed by atoms with E-state index in [1.807, 2.05) is 0 Å². The van der Waals surface area contributed by atoms with Crippen molar-refractivity contribution in [3.63, 3.8) is 0 Å². The van der Waals surface area contributed by atoms with Crippen molar-refractivity contribution in [1.82, 2.24) is 19.3 Å². The molecule has 0 amide bonds. The van der Waals surface area contributed by atoms with E-state index in [-0.39, 0.29) is 47.9 Å². The largest absolute Gasteiger partial charge is 0.417 e. The van der Waals surface area contributed by atoms with Crippen molar-refractivity contribution in [3.8, 4) is 0 Å². The van der Waals surface area contributed by atoms with E-state index in [4.69, 9.17) is 16.2 Å². The van der Waals surface area contributed by atoms with Gasteiger partial charge in [-0.1, -0.05) is 11.6 Å². The lowest BCUT2D eigenvalue weighted by atomic mass is 10.0. The van der Waals surface area contributed by atoms with Crippen molar-refractivity contribution in [1.29, 1.82) is 0 Å². The van der Waals surface area contributed by atoms with Gasteiger partial charge in [-0.15, -0.1) is 0 Å². The average Bonchev–Trinajstić information content (AvgIpc) is 3.21. The van der Waals surface area contributed by atoms with Crippen LogP contribution in [-0.2, 0) is 40.6 Å². The first-order valence-corrected chi connectivity index (χ1v) is 11.6. The number of nitrogens with zero attached hydrogens (tertiary/aromatic N) is 5. The molecule has 0 saturated heterocycles. The Kier molecular flexibility index (Phi) is 6.63. The van der Waals surface area contributed by atoms with Gasteiger partial charge in [0.15, 0.2) is 6.73 Å². The second-order valence-corrected chi connectivity index (χ2v) is 8.94. The molecule has 4 rings (SSSR count). The van der Waals surface area contributed by atoms with Crippen LogP contribution in [0.4, 0.5) is 23.2 Å². The maximum absolute atomic E-state index is 13.4. The normalized spacial score (nSPS) is 14.1. The second kappa shape index (κ2) is 9.27. The number of benzene rings is 1. The quantitative estimate of drug-likeness (QED) is 0.278. The number of hydrogen-bond donors (Lipinski definition) is 1. The summed E-state index contributed by atoms with van der Waals surface area (Å²) in [6.45, 7) is -0.707. The van der Waals surface area contributed by atoms with Crippen molar-refractivity contribution in [2.24, 2.45) is 0 Å². The van der Waals surface area contributed by atoms with Gasteiger partial charge in [0, 0.05) is 18.7 Å². The van der Waals surface area contributed by atoms with Crippen LogP contribution >= 0.6 is 11.6 Å². The molecule has 0 bridgehead atoms. The molecule has 0 atom stereocenters. The topological polar surface area (TPSA) is 137 Å². The fraction of sp³-hybridized carbons (Fsp3) is 0.263. The number of anilines is 1. The highest BCUT2D eigenvalue weighted by atomic mass is 35.5. The van der Waals surface area contributed by atoms with Crippen molar-refractivity contribution in [3.05, 3.63) is 74.4 Å². The first kappa shape index (κ1) is 25.7. The van der Waals surface area contributed by atoms with Gasteiger partial charge in [0.2, 0.25) is 5.78 Å². The van der Waals surface area contributed by atoms with Gasteiger partial charge in [-0.3, -0.25) is 14.1 Å². The monoisotopic (exact) mass is 551 g/mol. The minimum Gasteiger partial charge on any atom is -0.360 e. The maximum atomic E-state index is 13.4. The lowest BCUT2D eigenvalue weighted by molar-refractivity contribution is -0.138. The molecule has 0 radical (unpaired) electrons. The molecular weight excluding hydrogens is 538 g/mol. The Morgan fingerprint density at radius 1 is 1.22 bits per heavy atom. The van der Waals surface area contributed by atoms with E-state index >= 15 is 0 Å². The number of halogens is 5. The summed E-state index contributed by atoms with van der Waals surface area (Å²) in [5.41, 5.74) is -3.04. The number of ketones is 1. The lowest BCUT2D eigenvalue weighted by Gasteiger charge is -2.30. The number of aromatic nitrogens is 4. The van der Waals surface area contributed by atoms with Crippen LogP contribution in [0, 0.1) is 5.82 Å². The predicted octanol–water partition coefficient (Wildman–Crippen LogP) is 2.28. The summed E-state index contributed by atoms with van der Waals surface area (Å²) < 4.78 is 89.6. The molecule has 3 heterocycles. The fourth-order valence-electron chi connectivity index (χ4n) is 3.62. The van der Waals surface area contributed by atoms with Crippen molar-refractivity contribution in [2.45, 2.75) is 26.0 Å². The average molecular weight is 552 g/mol. The summed E-state index contributed by atoms with van der Waals surface area (Å²) in [4.78, 5) is 31.0. The molecule has 3 aromatic rings. The van der Waals surface area contributed by atoms with E-state index in [1.165, 1.54) is 4.57 Å². The third kappa shape index (κ3) is 5.11. The Morgan fingerprint density at radius 2 is 1.94 bits per heavy atom. The molecule has 1 N–H and O–H groups in total. The molecule has 0 unspecified atom stereocenters. The summed E-state index contributed by atoms with van der Waals surface area (Å²) in [7, 11) is -4.83. The molecule has 1 aromatic carbocycles. The zero-order chi connectivity index (χ0) is 26.4. The molecule has 0 aliphatic carbocycles. The van der Waals surface area contributed by atoms with Crippen LogP contribution in [0.1, 0.15) is 27.4 Å². The zero-order valence-corrected chi connectivity index (χ0v) is 19.3. The predicted molar refractivity (Wildman–Crippen MR) is 114 cm³/mol. The molecule has 11 nitrogen and oxygen atoms in total. The molecule has 192 valence electrons. The van der Waals surface area contributed by atoms with E-state index in [9.17, 15) is 35.6 Å². The SMILES string of the molecule is O=C(c1ccc(F)cc1C(F)(F)F)c1cnc2n1CCN(c1cnn(COS(=O)(=O)O)c(=O)c1Cl)C2. The van der Waals surface area contributed by atoms with Gasteiger partial charge in [-0.2, -0.15) is 26.7 Å². The van der Waals surface area contributed by atoms with Gasteiger partial charge in [0.05, 0.1) is 30.2 Å². The maximum Gasteiger partial charge on any atom is 0.417 e. The summed E-state index contributed by atoms with van der Waals surface area (Å²) >= 11 is 6.12. The number of rotatable bonds is 6. The number of carbonyl (C=O) groups is 1. The Bertz CT molecular complexity index is 1520. The van der Waals surface area contributed by atoms with Gasteiger partial charge in [0.25, 0.3) is 5.56 Å². The Balaban J connectivity index is 1.60. The van der Waals surface area contributed by atoms with Gasteiger partial charge in [0.1, 0.15) is 22.4 Å². The van der Waals surface area contributed by atoms with Crippen LogP contribution in [-0.4, -0.2) is 44.6 Å². The lowest BCUT2D eigenvalue weighted by Crippen LogP contribution is -2.37.